The lowest BCUT2D eigenvalue weighted by Crippen LogP contribution is -2.42. The van der Waals surface area contributed by atoms with Gasteiger partial charge in [0.2, 0.25) is 0 Å². The van der Waals surface area contributed by atoms with Gasteiger partial charge in [-0.1, -0.05) is 12.1 Å². The minimum atomic E-state index is 1.05. The molecule has 0 unspecified atom stereocenters. The zero-order valence-corrected chi connectivity index (χ0v) is 11.9. The van der Waals surface area contributed by atoms with Crippen LogP contribution in [-0.4, -0.2) is 35.6 Å². The lowest BCUT2D eigenvalue weighted by molar-refractivity contribution is 0.234. The third-order valence-electron chi connectivity index (χ3n) is 4.16. The van der Waals surface area contributed by atoms with Gasteiger partial charge in [-0.15, -0.1) is 0 Å². The SMILES string of the molecule is CCn1c(C)cc2c(CN3CCNCC3)cccc21. The molecule has 2 aromatic rings. The average Bonchev–Trinajstić information content (AvgIpc) is 2.76. The molecule has 0 saturated carbocycles. The van der Waals surface area contributed by atoms with E-state index in [4.69, 9.17) is 0 Å². The van der Waals surface area contributed by atoms with Crippen LogP contribution in [0.4, 0.5) is 0 Å². The number of aryl methyl sites for hydroxylation is 2. The highest BCUT2D eigenvalue weighted by atomic mass is 15.2. The van der Waals surface area contributed by atoms with Gasteiger partial charge in [0, 0.05) is 55.9 Å². The van der Waals surface area contributed by atoms with Crippen LogP contribution in [0.25, 0.3) is 10.9 Å². The molecule has 1 aromatic heterocycles. The molecule has 0 bridgehead atoms. The Hall–Kier alpha value is -1.32. The maximum atomic E-state index is 3.41. The van der Waals surface area contributed by atoms with E-state index in [9.17, 15) is 0 Å². The van der Waals surface area contributed by atoms with Gasteiger partial charge in [-0.05, 0) is 31.5 Å². The van der Waals surface area contributed by atoms with Gasteiger partial charge in [0.15, 0.2) is 0 Å². The highest BCUT2D eigenvalue weighted by Gasteiger charge is 2.13. The molecule has 3 rings (SSSR count). The zero-order valence-electron chi connectivity index (χ0n) is 11.9. The molecule has 1 aromatic carbocycles. The smallest absolute Gasteiger partial charge is 0.0485 e. The molecular weight excluding hydrogens is 234 g/mol. The van der Waals surface area contributed by atoms with Gasteiger partial charge in [-0.25, -0.2) is 0 Å². The van der Waals surface area contributed by atoms with Crippen molar-refractivity contribution in [2.75, 3.05) is 26.2 Å². The average molecular weight is 257 g/mol. The Labute approximate surface area is 115 Å². The number of rotatable bonds is 3. The third-order valence-corrected chi connectivity index (χ3v) is 4.16. The summed E-state index contributed by atoms with van der Waals surface area (Å²) in [4.78, 5) is 2.55. The van der Waals surface area contributed by atoms with Gasteiger partial charge in [0.05, 0.1) is 0 Å². The lowest BCUT2D eigenvalue weighted by Gasteiger charge is -2.27. The summed E-state index contributed by atoms with van der Waals surface area (Å²) in [6.45, 7) is 11.1. The maximum absolute atomic E-state index is 3.41. The van der Waals surface area contributed by atoms with Crippen molar-refractivity contribution >= 4 is 10.9 Å². The van der Waals surface area contributed by atoms with Crippen molar-refractivity contribution in [1.82, 2.24) is 14.8 Å². The molecule has 19 heavy (non-hydrogen) atoms. The van der Waals surface area contributed by atoms with Crippen LogP contribution in [0.5, 0.6) is 0 Å². The van der Waals surface area contributed by atoms with Crippen molar-refractivity contribution in [2.24, 2.45) is 0 Å². The van der Waals surface area contributed by atoms with Crippen LogP contribution >= 0.6 is 0 Å². The van der Waals surface area contributed by atoms with E-state index in [0.29, 0.717) is 0 Å². The van der Waals surface area contributed by atoms with Crippen LogP contribution < -0.4 is 5.32 Å². The fourth-order valence-electron chi connectivity index (χ4n) is 3.15. The van der Waals surface area contributed by atoms with Crippen LogP contribution in [0.3, 0.4) is 0 Å². The summed E-state index contributed by atoms with van der Waals surface area (Å²) in [5.41, 5.74) is 4.22. The summed E-state index contributed by atoms with van der Waals surface area (Å²) in [5.74, 6) is 0. The maximum Gasteiger partial charge on any atom is 0.0485 e. The van der Waals surface area contributed by atoms with Crippen molar-refractivity contribution in [2.45, 2.75) is 26.9 Å². The van der Waals surface area contributed by atoms with Crippen molar-refractivity contribution in [1.29, 1.82) is 0 Å². The minimum Gasteiger partial charge on any atom is -0.345 e. The van der Waals surface area contributed by atoms with Gasteiger partial charge in [0.1, 0.15) is 0 Å². The summed E-state index contributed by atoms with van der Waals surface area (Å²) in [6, 6.07) is 9.07. The van der Waals surface area contributed by atoms with E-state index in [1.54, 1.807) is 0 Å². The molecule has 1 fully saturated rings. The van der Waals surface area contributed by atoms with Crippen LogP contribution in [0.1, 0.15) is 18.2 Å². The summed E-state index contributed by atoms with van der Waals surface area (Å²) in [7, 11) is 0. The van der Waals surface area contributed by atoms with E-state index < -0.39 is 0 Å². The van der Waals surface area contributed by atoms with E-state index in [2.05, 4.69) is 52.9 Å². The van der Waals surface area contributed by atoms with Crippen molar-refractivity contribution in [3.8, 4) is 0 Å². The summed E-state index contributed by atoms with van der Waals surface area (Å²) < 4.78 is 2.40. The minimum absolute atomic E-state index is 1.05. The predicted octanol–water partition coefficient (Wildman–Crippen LogP) is 2.37. The predicted molar refractivity (Wildman–Crippen MR) is 80.5 cm³/mol. The highest BCUT2D eigenvalue weighted by molar-refractivity contribution is 5.84. The summed E-state index contributed by atoms with van der Waals surface area (Å²) >= 11 is 0. The monoisotopic (exact) mass is 257 g/mol. The first kappa shape index (κ1) is 12.7. The molecule has 0 spiro atoms. The summed E-state index contributed by atoms with van der Waals surface area (Å²) in [5, 5.41) is 4.85. The van der Waals surface area contributed by atoms with E-state index in [-0.39, 0.29) is 0 Å². The van der Waals surface area contributed by atoms with Crippen LogP contribution in [0.15, 0.2) is 24.3 Å². The van der Waals surface area contributed by atoms with E-state index in [0.717, 1.165) is 39.3 Å². The molecule has 0 aliphatic carbocycles. The number of hydrogen-bond donors (Lipinski definition) is 1. The number of fused-ring (bicyclic) bond motifs is 1. The third kappa shape index (κ3) is 2.40. The van der Waals surface area contributed by atoms with Crippen molar-refractivity contribution < 1.29 is 0 Å². The molecule has 1 saturated heterocycles. The normalized spacial score (nSPS) is 17.2. The molecule has 3 heteroatoms. The molecule has 0 radical (unpaired) electrons. The van der Waals surface area contributed by atoms with E-state index in [1.165, 1.54) is 22.2 Å². The van der Waals surface area contributed by atoms with Gasteiger partial charge in [-0.2, -0.15) is 0 Å². The second-order valence-corrected chi connectivity index (χ2v) is 5.41. The Morgan fingerprint density at radius 1 is 1.21 bits per heavy atom. The second kappa shape index (κ2) is 5.35. The Bertz CT molecular complexity index is 565. The van der Waals surface area contributed by atoms with Gasteiger partial charge in [-0.3, -0.25) is 4.90 Å². The number of nitrogens with one attached hydrogen (secondary N) is 1. The number of aromatic nitrogens is 1. The molecule has 1 aliphatic heterocycles. The zero-order chi connectivity index (χ0) is 13.2. The summed E-state index contributed by atoms with van der Waals surface area (Å²) in [6.07, 6.45) is 0. The van der Waals surface area contributed by atoms with Crippen LogP contribution in [0.2, 0.25) is 0 Å². The topological polar surface area (TPSA) is 20.2 Å². The fraction of sp³-hybridized carbons (Fsp3) is 0.500. The van der Waals surface area contributed by atoms with Crippen molar-refractivity contribution in [3.63, 3.8) is 0 Å². The Kier molecular flexibility index (Phi) is 3.58. The largest absolute Gasteiger partial charge is 0.345 e. The first-order valence-electron chi connectivity index (χ1n) is 7.30. The van der Waals surface area contributed by atoms with E-state index >= 15 is 0 Å². The number of nitrogens with zero attached hydrogens (tertiary/aromatic N) is 2. The van der Waals surface area contributed by atoms with Crippen LogP contribution in [-0.2, 0) is 13.1 Å². The second-order valence-electron chi connectivity index (χ2n) is 5.41. The molecule has 2 heterocycles. The Morgan fingerprint density at radius 3 is 2.74 bits per heavy atom. The molecule has 0 atom stereocenters. The Balaban J connectivity index is 1.94. The van der Waals surface area contributed by atoms with Gasteiger partial charge >= 0.3 is 0 Å². The highest BCUT2D eigenvalue weighted by Crippen LogP contribution is 2.24. The van der Waals surface area contributed by atoms with Crippen LogP contribution in [0, 0.1) is 6.92 Å². The molecule has 3 nitrogen and oxygen atoms in total. The molecule has 0 amide bonds. The van der Waals surface area contributed by atoms with E-state index in [1.807, 2.05) is 0 Å². The number of piperazine rings is 1. The lowest BCUT2D eigenvalue weighted by atomic mass is 10.1. The van der Waals surface area contributed by atoms with Crippen molar-refractivity contribution in [3.05, 3.63) is 35.5 Å². The van der Waals surface area contributed by atoms with Gasteiger partial charge < -0.3 is 9.88 Å². The Morgan fingerprint density at radius 2 is 2.00 bits per heavy atom. The number of hydrogen-bond acceptors (Lipinski definition) is 2. The molecule has 102 valence electrons. The first-order chi connectivity index (χ1) is 9.29. The standard InChI is InChI=1S/C16H23N3/c1-3-19-13(2)11-15-14(5-4-6-16(15)19)12-18-9-7-17-8-10-18/h4-6,11,17H,3,7-10,12H2,1-2H3. The van der Waals surface area contributed by atoms with Gasteiger partial charge in [0.25, 0.3) is 0 Å². The molecular formula is C16H23N3. The quantitative estimate of drug-likeness (QED) is 0.911. The molecule has 1 N–H and O–H groups in total. The first-order valence-corrected chi connectivity index (χ1v) is 7.30. The molecule has 1 aliphatic rings. The fourth-order valence-corrected chi connectivity index (χ4v) is 3.15. The number of benzene rings is 1.